The highest BCUT2D eigenvalue weighted by Crippen LogP contribution is 2.29. The molecule has 2 aromatic rings. The average molecular weight is 363 g/mol. The average Bonchev–Trinajstić information content (AvgIpc) is 2.91. The van der Waals surface area contributed by atoms with Gasteiger partial charge in [-0.3, -0.25) is 4.79 Å². The number of amides is 1. The smallest absolute Gasteiger partial charge is 0.298 e. The Labute approximate surface area is 146 Å². The van der Waals surface area contributed by atoms with Gasteiger partial charge in [0.1, 0.15) is 11.6 Å². The van der Waals surface area contributed by atoms with Crippen molar-refractivity contribution in [2.75, 3.05) is 0 Å². The molecule has 1 aromatic heterocycles. The number of furan rings is 1. The summed E-state index contributed by atoms with van der Waals surface area (Å²) in [5, 5.41) is 8.64. The number of allylic oxidation sites excluding steroid dienone is 1. The number of nitrogens with two attached hydrogens (primary N) is 1. The summed E-state index contributed by atoms with van der Waals surface area (Å²) in [7, 11) is -4.19. The molecule has 0 saturated carbocycles. The molecule has 134 valence electrons. The molecule has 0 fully saturated rings. The molecule has 7 nitrogen and oxygen atoms in total. The fourth-order valence-corrected chi connectivity index (χ4v) is 2.93. The minimum absolute atomic E-state index is 0.372. The maximum Gasteiger partial charge on any atom is 0.298 e. The van der Waals surface area contributed by atoms with Gasteiger partial charge < -0.3 is 9.73 Å². The maximum atomic E-state index is 12.4. The van der Waals surface area contributed by atoms with Crippen molar-refractivity contribution in [1.29, 1.82) is 0 Å². The van der Waals surface area contributed by atoms with E-state index in [0.29, 0.717) is 17.7 Å². The fraction of sp³-hybridized carbons (Fsp3) is 0.235. The Balaban J connectivity index is 2.57. The predicted molar refractivity (Wildman–Crippen MR) is 96.8 cm³/mol. The summed E-state index contributed by atoms with van der Waals surface area (Å²) < 4.78 is 29.9. The summed E-state index contributed by atoms with van der Waals surface area (Å²) >= 11 is 0. The van der Waals surface area contributed by atoms with E-state index in [1.807, 2.05) is 13.8 Å². The topological polar surface area (TPSA) is 114 Å². The molecular weight excluding hydrogens is 342 g/mol. The van der Waals surface area contributed by atoms with Gasteiger partial charge in [-0.05, 0) is 48.2 Å². The second-order valence-electron chi connectivity index (χ2n) is 5.65. The standard InChI is InChI=1S/C17H21N3O4S/c1-5-11(4)19-15(17(21)20-25(18,22)23)13-7-12(6-2)16-14(8-13)10(3)9-24-16/h5,7-9,15,19H,1,4,6H2,2-3H3,(H,20,21)(H2,18,22,23). The highest BCUT2D eigenvalue weighted by molar-refractivity contribution is 7.87. The number of hydrogen-bond acceptors (Lipinski definition) is 5. The molecule has 0 spiro atoms. The lowest BCUT2D eigenvalue weighted by atomic mass is 9.98. The molecule has 0 radical (unpaired) electrons. The number of fused-ring (bicyclic) bond motifs is 1. The zero-order chi connectivity index (χ0) is 18.8. The van der Waals surface area contributed by atoms with E-state index in [1.165, 1.54) is 6.08 Å². The molecule has 4 N–H and O–H groups in total. The molecule has 1 amide bonds. The Bertz CT molecular complexity index is 944. The van der Waals surface area contributed by atoms with Crippen molar-refractivity contribution in [2.24, 2.45) is 5.14 Å². The van der Waals surface area contributed by atoms with Crippen LogP contribution >= 0.6 is 0 Å². The van der Waals surface area contributed by atoms with Crippen molar-refractivity contribution in [1.82, 2.24) is 10.0 Å². The first kappa shape index (κ1) is 18.8. The van der Waals surface area contributed by atoms with Gasteiger partial charge in [-0.1, -0.05) is 20.1 Å². The Morgan fingerprint density at radius 1 is 1.44 bits per heavy atom. The molecule has 0 bridgehead atoms. The summed E-state index contributed by atoms with van der Waals surface area (Å²) in [5.74, 6) is -0.812. The fourth-order valence-electron chi connectivity index (χ4n) is 2.53. The SMILES string of the molecule is C=CC(=C)NC(C(=O)NS(N)(=O)=O)c1cc(CC)c2occ(C)c2c1. The third kappa shape index (κ3) is 4.28. The lowest BCUT2D eigenvalue weighted by Gasteiger charge is -2.20. The van der Waals surface area contributed by atoms with Gasteiger partial charge in [0.15, 0.2) is 0 Å². The Kier molecular flexibility index (Phi) is 5.34. The van der Waals surface area contributed by atoms with Crippen molar-refractivity contribution in [3.63, 3.8) is 0 Å². The zero-order valence-electron chi connectivity index (χ0n) is 14.1. The van der Waals surface area contributed by atoms with E-state index >= 15 is 0 Å². The van der Waals surface area contributed by atoms with Crippen molar-refractivity contribution in [3.05, 3.63) is 60.0 Å². The van der Waals surface area contributed by atoms with Crippen LogP contribution in [-0.4, -0.2) is 14.3 Å². The van der Waals surface area contributed by atoms with E-state index in [2.05, 4.69) is 18.5 Å². The molecule has 25 heavy (non-hydrogen) atoms. The third-order valence-corrected chi connectivity index (χ3v) is 4.25. The second-order valence-corrected chi connectivity index (χ2v) is 6.94. The van der Waals surface area contributed by atoms with E-state index in [-0.39, 0.29) is 0 Å². The molecule has 2 rings (SSSR count). The molecule has 8 heteroatoms. The van der Waals surface area contributed by atoms with Crippen LogP contribution in [0.1, 0.15) is 29.7 Å². The molecule has 1 aromatic carbocycles. The van der Waals surface area contributed by atoms with E-state index in [0.717, 1.165) is 22.1 Å². The summed E-state index contributed by atoms with van der Waals surface area (Å²) in [6.45, 7) is 11.2. The van der Waals surface area contributed by atoms with Gasteiger partial charge in [-0.2, -0.15) is 8.42 Å². The van der Waals surface area contributed by atoms with Gasteiger partial charge >= 0.3 is 0 Å². The van der Waals surface area contributed by atoms with E-state index in [9.17, 15) is 13.2 Å². The quantitative estimate of drug-likeness (QED) is 0.651. The van der Waals surface area contributed by atoms with Gasteiger partial charge in [0.05, 0.1) is 6.26 Å². The monoisotopic (exact) mass is 363 g/mol. The third-order valence-electron chi connectivity index (χ3n) is 3.76. The van der Waals surface area contributed by atoms with Gasteiger partial charge in [-0.15, -0.1) is 0 Å². The van der Waals surface area contributed by atoms with Crippen LogP contribution < -0.4 is 15.2 Å². The highest BCUT2D eigenvalue weighted by atomic mass is 32.2. The van der Waals surface area contributed by atoms with Crippen LogP contribution in [0.3, 0.4) is 0 Å². The van der Waals surface area contributed by atoms with E-state index in [4.69, 9.17) is 9.56 Å². The Hall–Kier alpha value is -2.58. The first-order chi connectivity index (χ1) is 11.7. The molecular formula is C17H21N3O4S. The number of hydrogen-bond donors (Lipinski definition) is 3. The molecule has 0 aliphatic carbocycles. The number of benzene rings is 1. The molecule has 1 heterocycles. The van der Waals surface area contributed by atoms with Crippen LogP contribution in [0.4, 0.5) is 0 Å². The first-order valence-corrected chi connectivity index (χ1v) is 9.13. The number of carbonyl (C=O) groups excluding carboxylic acids is 1. The van der Waals surface area contributed by atoms with Crippen LogP contribution in [0.5, 0.6) is 0 Å². The van der Waals surface area contributed by atoms with Crippen LogP contribution in [0.25, 0.3) is 11.0 Å². The summed E-state index contributed by atoms with van der Waals surface area (Å²) in [6.07, 6.45) is 3.76. The summed E-state index contributed by atoms with van der Waals surface area (Å²) in [6, 6.07) is 2.57. The van der Waals surface area contributed by atoms with Crippen LogP contribution in [0, 0.1) is 6.92 Å². The van der Waals surface area contributed by atoms with E-state index in [1.54, 1.807) is 23.1 Å². The minimum Gasteiger partial charge on any atom is -0.464 e. The second kappa shape index (κ2) is 7.12. The summed E-state index contributed by atoms with van der Waals surface area (Å²) in [4.78, 5) is 12.4. The molecule has 0 saturated heterocycles. The first-order valence-electron chi connectivity index (χ1n) is 7.59. The lowest BCUT2D eigenvalue weighted by molar-refractivity contribution is -0.121. The minimum atomic E-state index is -4.19. The Morgan fingerprint density at radius 3 is 2.68 bits per heavy atom. The predicted octanol–water partition coefficient (Wildman–Crippen LogP) is 1.95. The van der Waals surface area contributed by atoms with Crippen molar-refractivity contribution in [3.8, 4) is 0 Å². The largest absolute Gasteiger partial charge is 0.464 e. The molecule has 0 aliphatic heterocycles. The van der Waals surface area contributed by atoms with Crippen LogP contribution in [0.2, 0.25) is 0 Å². The van der Waals surface area contributed by atoms with Gasteiger partial charge in [0.2, 0.25) is 0 Å². The zero-order valence-corrected chi connectivity index (χ0v) is 14.9. The van der Waals surface area contributed by atoms with Crippen molar-refractivity contribution >= 4 is 27.1 Å². The van der Waals surface area contributed by atoms with Gasteiger partial charge in [-0.25, -0.2) is 9.86 Å². The molecule has 0 aliphatic rings. The lowest BCUT2D eigenvalue weighted by Crippen LogP contribution is -2.43. The van der Waals surface area contributed by atoms with Crippen LogP contribution in [-0.2, 0) is 21.4 Å². The van der Waals surface area contributed by atoms with Crippen LogP contribution in [0.15, 0.2) is 47.7 Å². The van der Waals surface area contributed by atoms with Crippen molar-refractivity contribution < 1.29 is 17.6 Å². The number of aryl methyl sites for hydroxylation is 2. The molecule has 1 atom stereocenters. The maximum absolute atomic E-state index is 12.4. The number of nitrogens with one attached hydrogen (secondary N) is 2. The highest BCUT2D eigenvalue weighted by Gasteiger charge is 2.25. The number of carbonyl (C=O) groups is 1. The van der Waals surface area contributed by atoms with Gasteiger partial charge in [0, 0.05) is 11.1 Å². The summed E-state index contributed by atoms with van der Waals surface area (Å²) in [5.41, 5.74) is 3.51. The van der Waals surface area contributed by atoms with E-state index < -0.39 is 22.2 Å². The Morgan fingerprint density at radius 2 is 2.12 bits per heavy atom. The normalized spacial score (nSPS) is 12.6. The van der Waals surface area contributed by atoms with Crippen molar-refractivity contribution in [2.45, 2.75) is 26.3 Å². The number of rotatable bonds is 7. The molecule has 1 unspecified atom stereocenters. The van der Waals surface area contributed by atoms with Gasteiger partial charge in [0.25, 0.3) is 16.1 Å².